The Balaban J connectivity index is 2.03. The predicted octanol–water partition coefficient (Wildman–Crippen LogP) is 2.55. The van der Waals surface area contributed by atoms with E-state index in [1.54, 1.807) is 12.1 Å². The topological polar surface area (TPSA) is 89.1 Å². The van der Waals surface area contributed by atoms with Crippen molar-refractivity contribution in [3.05, 3.63) is 45.8 Å². The number of furan rings is 1. The zero-order valence-electron chi connectivity index (χ0n) is 10.00. The predicted molar refractivity (Wildman–Crippen MR) is 70.0 cm³/mol. The number of carbonyl (C=O) groups is 1. The molecule has 1 unspecified atom stereocenters. The quantitative estimate of drug-likeness (QED) is 0.892. The van der Waals surface area contributed by atoms with Gasteiger partial charge < -0.3 is 24.1 Å². The minimum Gasteiger partial charge on any atom is -0.478 e. The van der Waals surface area contributed by atoms with Crippen LogP contribution in [0.15, 0.2) is 33.4 Å². The molecular weight excluding hydrogens is 332 g/mol. The van der Waals surface area contributed by atoms with Gasteiger partial charge in [-0.2, -0.15) is 0 Å². The third-order valence-corrected chi connectivity index (χ3v) is 3.53. The number of ether oxygens (including phenoxy) is 2. The van der Waals surface area contributed by atoms with Crippen LogP contribution >= 0.6 is 15.9 Å². The van der Waals surface area contributed by atoms with Crippen LogP contribution in [0.4, 0.5) is 0 Å². The molecule has 0 saturated carbocycles. The molecule has 2 aromatic rings. The van der Waals surface area contributed by atoms with Gasteiger partial charge in [-0.3, -0.25) is 0 Å². The smallest absolute Gasteiger partial charge is 0.339 e. The molecule has 2 N–H and O–H groups in total. The number of fused-ring (bicyclic) bond motifs is 1. The molecule has 1 aromatic carbocycles. The van der Waals surface area contributed by atoms with Crippen LogP contribution in [0.1, 0.15) is 27.8 Å². The molecule has 0 fully saturated rings. The van der Waals surface area contributed by atoms with Crippen molar-refractivity contribution in [1.82, 2.24) is 0 Å². The first-order chi connectivity index (χ1) is 9.58. The van der Waals surface area contributed by atoms with E-state index < -0.39 is 12.1 Å². The minimum atomic E-state index is -1.21. The molecule has 0 saturated heterocycles. The maximum absolute atomic E-state index is 11.0. The minimum absolute atomic E-state index is 0.0248. The van der Waals surface area contributed by atoms with Crippen molar-refractivity contribution >= 4 is 21.9 Å². The average Bonchev–Trinajstić information content (AvgIpc) is 3.06. The Kier molecular flexibility index (Phi) is 3.15. The van der Waals surface area contributed by atoms with E-state index in [4.69, 9.17) is 19.0 Å². The summed E-state index contributed by atoms with van der Waals surface area (Å²) in [6, 6.07) is 4.52. The van der Waals surface area contributed by atoms with Gasteiger partial charge in [0.05, 0.1) is 10.7 Å². The fraction of sp³-hybridized carbons (Fsp3) is 0.154. The van der Waals surface area contributed by atoms with Crippen LogP contribution in [0, 0.1) is 0 Å². The molecule has 1 aromatic heterocycles. The second-order valence-corrected chi connectivity index (χ2v) is 5.00. The van der Waals surface area contributed by atoms with Gasteiger partial charge in [0.1, 0.15) is 11.7 Å². The highest BCUT2D eigenvalue weighted by molar-refractivity contribution is 9.10. The number of rotatable bonds is 3. The van der Waals surface area contributed by atoms with E-state index in [0.29, 0.717) is 21.5 Å². The monoisotopic (exact) mass is 340 g/mol. The molecule has 3 rings (SSSR count). The van der Waals surface area contributed by atoms with E-state index in [1.807, 2.05) is 0 Å². The SMILES string of the molecule is O=C(O)c1ccoc1C(O)c1cc(Br)c2c(c1)OCO2. The second-order valence-electron chi connectivity index (χ2n) is 4.14. The van der Waals surface area contributed by atoms with Crippen LogP contribution in [-0.2, 0) is 0 Å². The molecule has 20 heavy (non-hydrogen) atoms. The van der Waals surface area contributed by atoms with E-state index in [2.05, 4.69) is 15.9 Å². The third-order valence-electron chi connectivity index (χ3n) is 2.94. The molecule has 0 aliphatic carbocycles. The van der Waals surface area contributed by atoms with E-state index in [9.17, 15) is 9.90 Å². The lowest BCUT2D eigenvalue weighted by Crippen LogP contribution is -2.05. The Labute approximate surface area is 121 Å². The molecule has 1 atom stereocenters. The fourth-order valence-corrected chi connectivity index (χ4v) is 2.58. The van der Waals surface area contributed by atoms with Crippen LogP contribution in [0.3, 0.4) is 0 Å². The van der Waals surface area contributed by atoms with Gasteiger partial charge in [-0.1, -0.05) is 0 Å². The molecular formula is C13H9BrO6. The molecule has 1 aliphatic heterocycles. The van der Waals surface area contributed by atoms with Gasteiger partial charge in [0.2, 0.25) is 6.79 Å². The van der Waals surface area contributed by atoms with E-state index in [1.165, 1.54) is 12.3 Å². The first-order valence-corrected chi connectivity index (χ1v) is 6.45. The summed E-state index contributed by atoms with van der Waals surface area (Å²) in [5.41, 5.74) is 0.366. The number of carboxylic acids is 1. The number of hydrogen-bond donors (Lipinski definition) is 2. The number of carboxylic acid groups (broad SMARTS) is 1. The molecule has 1 aliphatic rings. The van der Waals surface area contributed by atoms with Crippen molar-refractivity contribution in [2.45, 2.75) is 6.10 Å². The summed E-state index contributed by atoms with van der Waals surface area (Å²) in [6.45, 7) is 0.106. The van der Waals surface area contributed by atoms with Crippen LogP contribution in [0.5, 0.6) is 11.5 Å². The maximum Gasteiger partial charge on any atom is 0.339 e. The van der Waals surface area contributed by atoms with Gasteiger partial charge in [0.15, 0.2) is 17.3 Å². The van der Waals surface area contributed by atoms with Crippen molar-refractivity contribution in [2.75, 3.05) is 6.79 Å². The summed E-state index contributed by atoms with van der Waals surface area (Å²) < 4.78 is 16.2. The largest absolute Gasteiger partial charge is 0.478 e. The van der Waals surface area contributed by atoms with Crippen molar-refractivity contribution in [1.29, 1.82) is 0 Å². The molecule has 104 valence electrons. The number of halogens is 1. The highest BCUT2D eigenvalue weighted by Gasteiger charge is 2.26. The number of aromatic carboxylic acids is 1. The summed E-state index contributed by atoms with van der Waals surface area (Å²) in [4.78, 5) is 11.0. The number of benzene rings is 1. The number of aliphatic hydroxyl groups excluding tert-OH is 1. The van der Waals surface area contributed by atoms with Gasteiger partial charge >= 0.3 is 5.97 Å². The summed E-state index contributed by atoms with van der Waals surface area (Å²) in [5, 5.41) is 19.3. The zero-order chi connectivity index (χ0) is 14.3. The van der Waals surface area contributed by atoms with Gasteiger partial charge in [-0.05, 0) is 39.7 Å². The average molecular weight is 341 g/mol. The summed E-state index contributed by atoms with van der Waals surface area (Å²) >= 11 is 3.31. The highest BCUT2D eigenvalue weighted by Crippen LogP contribution is 2.42. The summed E-state index contributed by atoms with van der Waals surface area (Å²) in [7, 11) is 0. The number of hydrogen-bond acceptors (Lipinski definition) is 5. The lowest BCUT2D eigenvalue weighted by molar-refractivity contribution is 0.0687. The van der Waals surface area contributed by atoms with Crippen LogP contribution in [0.25, 0.3) is 0 Å². The first-order valence-electron chi connectivity index (χ1n) is 5.65. The normalized spacial score (nSPS) is 14.3. The molecule has 0 amide bonds. The second kappa shape index (κ2) is 4.84. The van der Waals surface area contributed by atoms with Gasteiger partial charge in [-0.25, -0.2) is 4.79 Å². The Hall–Kier alpha value is -1.99. The Morgan fingerprint density at radius 1 is 1.35 bits per heavy atom. The van der Waals surface area contributed by atoms with Gasteiger partial charge in [0.25, 0.3) is 0 Å². The van der Waals surface area contributed by atoms with Gasteiger partial charge in [0, 0.05) is 0 Å². The fourth-order valence-electron chi connectivity index (χ4n) is 2.01. The molecule has 0 radical (unpaired) electrons. The first kappa shape index (κ1) is 13.0. The van der Waals surface area contributed by atoms with Crippen molar-refractivity contribution in [3.63, 3.8) is 0 Å². The molecule has 7 heteroatoms. The maximum atomic E-state index is 11.0. The van der Waals surface area contributed by atoms with Crippen molar-refractivity contribution in [3.8, 4) is 11.5 Å². The van der Waals surface area contributed by atoms with Gasteiger partial charge in [-0.15, -0.1) is 0 Å². The van der Waals surface area contributed by atoms with Crippen molar-refractivity contribution in [2.24, 2.45) is 0 Å². The molecule has 0 spiro atoms. The molecule has 2 heterocycles. The van der Waals surface area contributed by atoms with Crippen LogP contribution in [0.2, 0.25) is 0 Å². The van der Waals surface area contributed by atoms with E-state index >= 15 is 0 Å². The lowest BCUT2D eigenvalue weighted by Gasteiger charge is -2.11. The Morgan fingerprint density at radius 3 is 2.90 bits per heavy atom. The van der Waals surface area contributed by atoms with E-state index in [-0.39, 0.29) is 18.1 Å². The number of aliphatic hydroxyl groups is 1. The van der Waals surface area contributed by atoms with Crippen LogP contribution in [-0.4, -0.2) is 23.0 Å². The Morgan fingerprint density at radius 2 is 2.15 bits per heavy atom. The van der Waals surface area contributed by atoms with Crippen LogP contribution < -0.4 is 9.47 Å². The zero-order valence-corrected chi connectivity index (χ0v) is 11.6. The van der Waals surface area contributed by atoms with Crippen molar-refractivity contribution < 1.29 is 28.9 Å². The standard InChI is InChI=1S/C13H9BrO6/c14-8-3-6(4-9-12(8)20-5-19-9)10(15)11-7(13(16)17)1-2-18-11/h1-4,10,15H,5H2,(H,16,17). The highest BCUT2D eigenvalue weighted by atomic mass is 79.9. The summed E-state index contributed by atoms with van der Waals surface area (Å²) in [5.74, 6) is -0.147. The Bertz CT molecular complexity index is 677. The third kappa shape index (κ3) is 2.04. The molecule has 0 bridgehead atoms. The lowest BCUT2D eigenvalue weighted by atomic mass is 10.0. The summed E-state index contributed by atoms with van der Waals surface area (Å²) in [6.07, 6.45) is 0.0196. The van der Waals surface area contributed by atoms with E-state index in [0.717, 1.165) is 0 Å². The molecule has 6 nitrogen and oxygen atoms in total.